The number of hydrogen-bond acceptors (Lipinski definition) is 4. The summed E-state index contributed by atoms with van der Waals surface area (Å²) < 4.78 is 0. The fraction of sp³-hybridized carbons (Fsp3) is 0.385. The first kappa shape index (κ1) is 14.3. The van der Waals surface area contributed by atoms with Crippen molar-refractivity contribution >= 4 is 17.6 Å². The standard InChI is InChI=1S/C13H17N3O4/c17-10-7-16(8-11(10)18)12(19)6-14-13(20)15-9-4-2-1-3-5-9/h1-5,10-11,17-18H,6-8H2,(H2,14,15,20)/t10-,11+. The van der Waals surface area contributed by atoms with Gasteiger partial charge in [0, 0.05) is 18.8 Å². The van der Waals surface area contributed by atoms with E-state index in [1.165, 1.54) is 4.90 Å². The summed E-state index contributed by atoms with van der Waals surface area (Å²) in [4.78, 5) is 24.6. The Balaban J connectivity index is 1.75. The number of para-hydroxylation sites is 1. The van der Waals surface area contributed by atoms with Crippen molar-refractivity contribution in [2.75, 3.05) is 25.0 Å². The minimum Gasteiger partial charge on any atom is -0.388 e. The second-order valence-corrected chi connectivity index (χ2v) is 4.61. The van der Waals surface area contributed by atoms with E-state index in [2.05, 4.69) is 10.6 Å². The second-order valence-electron chi connectivity index (χ2n) is 4.61. The lowest BCUT2D eigenvalue weighted by atomic mass is 10.3. The Morgan fingerprint density at radius 3 is 2.35 bits per heavy atom. The summed E-state index contributed by atoms with van der Waals surface area (Å²) in [6.07, 6.45) is -1.84. The number of benzene rings is 1. The quantitative estimate of drug-likeness (QED) is 0.592. The minimum atomic E-state index is -0.919. The van der Waals surface area contributed by atoms with Gasteiger partial charge >= 0.3 is 6.03 Å². The smallest absolute Gasteiger partial charge is 0.319 e. The van der Waals surface area contributed by atoms with Crippen LogP contribution >= 0.6 is 0 Å². The van der Waals surface area contributed by atoms with Gasteiger partial charge in [-0.1, -0.05) is 18.2 Å². The summed E-state index contributed by atoms with van der Waals surface area (Å²) in [5.74, 6) is -0.344. The predicted molar refractivity (Wildman–Crippen MR) is 72.1 cm³/mol. The van der Waals surface area contributed by atoms with Crippen molar-refractivity contribution in [2.45, 2.75) is 12.2 Å². The maximum absolute atomic E-state index is 11.8. The minimum absolute atomic E-state index is 0.0853. The number of likely N-dealkylation sites (tertiary alicyclic amines) is 1. The fourth-order valence-electron chi connectivity index (χ4n) is 1.94. The van der Waals surface area contributed by atoms with Gasteiger partial charge in [-0.05, 0) is 12.1 Å². The number of hydrogen-bond donors (Lipinski definition) is 4. The van der Waals surface area contributed by atoms with Crippen LogP contribution in [0.25, 0.3) is 0 Å². The van der Waals surface area contributed by atoms with Crippen molar-refractivity contribution < 1.29 is 19.8 Å². The highest BCUT2D eigenvalue weighted by molar-refractivity contribution is 5.92. The molecule has 7 nitrogen and oxygen atoms in total. The molecule has 3 amide bonds. The Hall–Kier alpha value is -2.12. The van der Waals surface area contributed by atoms with E-state index in [0.717, 1.165) is 0 Å². The molecule has 0 unspecified atom stereocenters. The van der Waals surface area contributed by atoms with Crippen LogP contribution in [0.2, 0.25) is 0 Å². The third-order valence-electron chi connectivity index (χ3n) is 3.04. The third-order valence-corrected chi connectivity index (χ3v) is 3.04. The van der Waals surface area contributed by atoms with Gasteiger partial charge in [-0.15, -0.1) is 0 Å². The van der Waals surface area contributed by atoms with Gasteiger partial charge in [-0.3, -0.25) is 4.79 Å². The number of anilines is 1. The van der Waals surface area contributed by atoms with Crippen molar-refractivity contribution in [1.29, 1.82) is 0 Å². The molecular weight excluding hydrogens is 262 g/mol. The number of rotatable bonds is 3. The molecular formula is C13H17N3O4. The summed E-state index contributed by atoms with van der Waals surface area (Å²) in [5.41, 5.74) is 0.629. The van der Waals surface area contributed by atoms with Gasteiger partial charge in [-0.2, -0.15) is 0 Å². The lowest BCUT2D eigenvalue weighted by Crippen LogP contribution is -2.41. The van der Waals surface area contributed by atoms with E-state index in [-0.39, 0.29) is 25.5 Å². The average molecular weight is 279 g/mol. The maximum atomic E-state index is 11.8. The summed E-state index contributed by atoms with van der Waals surface area (Å²) >= 11 is 0. The van der Waals surface area contributed by atoms with Crippen molar-refractivity contribution in [1.82, 2.24) is 10.2 Å². The Bertz CT molecular complexity index is 470. The SMILES string of the molecule is O=C(NCC(=O)N1C[C@@H](O)[C@@H](O)C1)Nc1ccccc1. The summed E-state index contributed by atoms with van der Waals surface area (Å²) in [6, 6.07) is 8.38. The van der Waals surface area contributed by atoms with Crippen molar-refractivity contribution in [3.8, 4) is 0 Å². The number of aliphatic hydroxyl groups excluding tert-OH is 2. The van der Waals surface area contributed by atoms with E-state index in [0.29, 0.717) is 5.69 Å². The van der Waals surface area contributed by atoms with E-state index in [4.69, 9.17) is 0 Å². The van der Waals surface area contributed by atoms with Crippen molar-refractivity contribution in [3.63, 3.8) is 0 Å². The molecule has 1 saturated heterocycles. The molecule has 1 aliphatic rings. The van der Waals surface area contributed by atoms with Gasteiger partial charge in [0.15, 0.2) is 0 Å². The molecule has 1 fully saturated rings. The van der Waals surface area contributed by atoms with Gasteiger partial charge < -0.3 is 25.7 Å². The van der Waals surface area contributed by atoms with Crippen molar-refractivity contribution in [3.05, 3.63) is 30.3 Å². The van der Waals surface area contributed by atoms with Gasteiger partial charge in [0.25, 0.3) is 0 Å². The normalized spacial score (nSPS) is 21.6. The zero-order chi connectivity index (χ0) is 14.5. The molecule has 4 N–H and O–H groups in total. The highest BCUT2D eigenvalue weighted by atomic mass is 16.3. The summed E-state index contributed by atoms with van der Waals surface area (Å²) in [5, 5.41) is 23.7. The third kappa shape index (κ3) is 3.69. The summed E-state index contributed by atoms with van der Waals surface area (Å²) in [6.45, 7) is -0.0118. The van der Waals surface area contributed by atoms with E-state index < -0.39 is 18.2 Å². The zero-order valence-corrected chi connectivity index (χ0v) is 10.8. The highest BCUT2D eigenvalue weighted by Crippen LogP contribution is 2.09. The zero-order valence-electron chi connectivity index (χ0n) is 10.8. The molecule has 7 heteroatoms. The number of amides is 3. The molecule has 1 aliphatic heterocycles. The van der Waals surface area contributed by atoms with Crippen LogP contribution in [0.5, 0.6) is 0 Å². The van der Waals surface area contributed by atoms with Gasteiger partial charge in [-0.25, -0.2) is 4.79 Å². The maximum Gasteiger partial charge on any atom is 0.319 e. The molecule has 2 atom stereocenters. The first-order chi connectivity index (χ1) is 9.56. The Morgan fingerprint density at radius 1 is 1.15 bits per heavy atom. The van der Waals surface area contributed by atoms with Crippen LogP contribution in [-0.4, -0.2) is 58.9 Å². The monoisotopic (exact) mass is 279 g/mol. The molecule has 0 bridgehead atoms. The Morgan fingerprint density at radius 2 is 1.75 bits per heavy atom. The van der Waals surface area contributed by atoms with Crippen LogP contribution in [0.1, 0.15) is 0 Å². The lowest BCUT2D eigenvalue weighted by Gasteiger charge is -2.15. The average Bonchev–Trinajstić information content (AvgIpc) is 2.77. The number of carbonyl (C=O) groups excluding carboxylic acids is 2. The largest absolute Gasteiger partial charge is 0.388 e. The van der Waals surface area contributed by atoms with Crippen LogP contribution in [-0.2, 0) is 4.79 Å². The van der Waals surface area contributed by atoms with Gasteiger partial charge in [0.2, 0.25) is 5.91 Å². The number of nitrogens with one attached hydrogen (secondary N) is 2. The molecule has 0 aromatic heterocycles. The highest BCUT2D eigenvalue weighted by Gasteiger charge is 2.32. The molecule has 1 heterocycles. The topological polar surface area (TPSA) is 102 Å². The molecule has 2 rings (SSSR count). The second kappa shape index (κ2) is 6.36. The predicted octanol–water partition coefficient (Wildman–Crippen LogP) is -0.628. The van der Waals surface area contributed by atoms with E-state index in [9.17, 15) is 19.8 Å². The van der Waals surface area contributed by atoms with E-state index in [1.807, 2.05) is 6.07 Å². The molecule has 1 aromatic carbocycles. The van der Waals surface area contributed by atoms with E-state index >= 15 is 0 Å². The van der Waals surface area contributed by atoms with Crippen LogP contribution in [0, 0.1) is 0 Å². The van der Waals surface area contributed by atoms with Crippen LogP contribution in [0.3, 0.4) is 0 Å². The first-order valence-corrected chi connectivity index (χ1v) is 6.30. The van der Waals surface area contributed by atoms with Gasteiger partial charge in [0.1, 0.15) is 0 Å². The van der Waals surface area contributed by atoms with Gasteiger partial charge in [0.05, 0.1) is 18.8 Å². The van der Waals surface area contributed by atoms with Crippen molar-refractivity contribution in [2.24, 2.45) is 0 Å². The Kier molecular flexibility index (Phi) is 4.54. The number of carbonyl (C=O) groups is 2. The van der Waals surface area contributed by atoms with Crippen LogP contribution in [0.4, 0.5) is 10.5 Å². The Labute approximate surface area is 116 Å². The molecule has 0 spiro atoms. The number of aliphatic hydroxyl groups is 2. The van der Waals surface area contributed by atoms with Crippen LogP contribution in [0.15, 0.2) is 30.3 Å². The van der Waals surface area contributed by atoms with E-state index in [1.54, 1.807) is 24.3 Å². The molecule has 0 aliphatic carbocycles. The molecule has 0 saturated carbocycles. The fourth-order valence-corrected chi connectivity index (χ4v) is 1.94. The molecule has 0 radical (unpaired) electrons. The molecule has 108 valence electrons. The number of urea groups is 1. The number of nitrogens with zero attached hydrogens (tertiary/aromatic N) is 1. The number of β-amino-alcohol motifs (C(OH)–C–C–N with tert-alkyl or cyclic N) is 2. The van der Waals surface area contributed by atoms with Crippen LogP contribution < -0.4 is 10.6 Å². The lowest BCUT2D eigenvalue weighted by molar-refractivity contribution is -0.129. The summed E-state index contributed by atoms with van der Waals surface area (Å²) in [7, 11) is 0. The first-order valence-electron chi connectivity index (χ1n) is 6.30. The molecule has 20 heavy (non-hydrogen) atoms. The molecule has 1 aromatic rings.